The molecule has 1 aromatic heterocycles. The maximum Gasteiger partial charge on any atom is 0.410 e. The van der Waals surface area contributed by atoms with E-state index < -0.39 is 11.6 Å². The molecule has 1 saturated carbocycles. The van der Waals surface area contributed by atoms with Crippen molar-refractivity contribution in [2.45, 2.75) is 45.1 Å². The summed E-state index contributed by atoms with van der Waals surface area (Å²) in [5, 5.41) is 10.1. The Labute approximate surface area is 170 Å². The predicted molar refractivity (Wildman–Crippen MR) is 111 cm³/mol. The Morgan fingerprint density at radius 1 is 1.14 bits per heavy atom. The Morgan fingerprint density at radius 3 is 2.41 bits per heavy atom. The number of rotatable bonds is 3. The summed E-state index contributed by atoms with van der Waals surface area (Å²) in [6.07, 6.45) is 3.44. The molecule has 1 aromatic carbocycles. The average Bonchev–Trinajstić information content (AvgIpc) is 3.50. The largest absolute Gasteiger partial charge is 0.478 e. The van der Waals surface area contributed by atoms with E-state index in [9.17, 15) is 14.7 Å². The number of nitrogens with zero attached hydrogens (tertiary/aromatic N) is 3. The number of fused-ring (bicyclic) bond motifs is 1. The summed E-state index contributed by atoms with van der Waals surface area (Å²) < 4.78 is 5.49. The molecule has 2 fully saturated rings. The van der Waals surface area contributed by atoms with Crippen LogP contribution in [0.2, 0.25) is 0 Å². The van der Waals surface area contributed by atoms with E-state index in [4.69, 9.17) is 4.74 Å². The van der Waals surface area contributed by atoms with Gasteiger partial charge >= 0.3 is 12.1 Å². The molecular formula is C22H27N3O4. The number of benzene rings is 1. The monoisotopic (exact) mass is 397 g/mol. The topological polar surface area (TPSA) is 83.0 Å². The zero-order valence-corrected chi connectivity index (χ0v) is 17.1. The van der Waals surface area contributed by atoms with Crippen LogP contribution in [0.5, 0.6) is 0 Å². The van der Waals surface area contributed by atoms with Crippen LogP contribution in [0, 0.1) is 0 Å². The van der Waals surface area contributed by atoms with Gasteiger partial charge in [0, 0.05) is 49.0 Å². The lowest BCUT2D eigenvalue weighted by molar-refractivity contribution is 0.0240. The Hall–Kier alpha value is -2.83. The number of hydrogen-bond donors (Lipinski definition) is 1. The Bertz CT molecular complexity index is 954. The van der Waals surface area contributed by atoms with Crippen molar-refractivity contribution in [3.05, 3.63) is 35.5 Å². The highest BCUT2D eigenvalue weighted by Crippen LogP contribution is 2.47. The van der Waals surface area contributed by atoms with Crippen LogP contribution in [0.25, 0.3) is 10.9 Å². The minimum absolute atomic E-state index is 0.206. The number of aromatic carboxylic acids is 1. The summed E-state index contributed by atoms with van der Waals surface area (Å²) in [6.45, 7) is 8.32. The third kappa shape index (κ3) is 4.13. The number of carbonyl (C=O) groups excluding carboxylic acids is 1. The van der Waals surface area contributed by atoms with Crippen LogP contribution in [0.1, 0.15) is 55.5 Å². The van der Waals surface area contributed by atoms with Crippen molar-refractivity contribution in [3.63, 3.8) is 0 Å². The maximum atomic E-state index is 12.3. The summed E-state index contributed by atoms with van der Waals surface area (Å²) in [5.41, 5.74) is 2.97. The standard InChI is InChI=1S/C22H27N3O4/c1-22(2,3)29-21(28)25-10-8-24(9-11-25)17-7-6-15-12-16(20(26)27)13-23-19(15)18(17)14-4-5-14/h6-7,12-14H,4-5,8-11H2,1-3H3,(H,26,27). The molecule has 1 saturated heterocycles. The van der Waals surface area contributed by atoms with E-state index in [0.29, 0.717) is 19.0 Å². The molecule has 29 heavy (non-hydrogen) atoms. The van der Waals surface area contributed by atoms with Gasteiger partial charge in [0.15, 0.2) is 0 Å². The maximum absolute atomic E-state index is 12.3. The van der Waals surface area contributed by atoms with Crippen LogP contribution in [-0.2, 0) is 4.74 Å². The highest BCUT2D eigenvalue weighted by molar-refractivity contribution is 5.95. The molecule has 7 nitrogen and oxygen atoms in total. The molecule has 4 rings (SSSR count). The predicted octanol–water partition coefficient (Wildman–Crippen LogP) is 3.87. The third-order valence-corrected chi connectivity index (χ3v) is 5.37. The molecule has 7 heteroatoms. The van der Waals surface area contributed by atoms with Crippen LogP contribution >= 0.6 is 0 Å². The summed E-state index contributed by atoms with van der Waals surface area (Å²) in [4.78, 5) is 32.2. The lowest BCUT2D eigenvalue weighted by atomic mass is 10.0. The van der Waals surface area contributed by atoms with Crippen molar-refractivity contribution in [1.82, 2.24) is 9.88 Å². The second-order valence-electron chi connectivity index (χ2n) is 8.83. The number of hydrogen-bond acceptors (Lipinski definition) is 5. The van der Waals surface area contributed by atoms with E-state index >= 15 is 0 Å². The zero-order chi connectivity index (χ0) is 20.8. The van der Waals surface area contributed by atoms with E-state index in [1.165, 1.54) is 11.8 Å². The first kappa shape index (κ1) is 19.5. The molecule has 2 heterocycles. The minimum atomic E-state index is -0.963. The summed E-state index contributed by atoms with van der Waals surface area (Å²) in [7, 11) is 0. The minimum Gasteiger partial charge on any atom is -0.478 e. The summed E-state index contributed by atoms with van der Waals surface area (Å²) in [6, 6.07) is 5.73. The first-order valence-electron chi connectivity index (χ1n) is 10.1. The smallest absolute Gasteiger partial charge is 0.410 e. The van der Waals surface area contributed by atoms with E-state index in [-0.39, 0.29) is 11.7 Å². The van der Waals surface area contributed by atoms with Gasteiger partial charge in [-0.05, 0) is 51.7 Å². The second kappa shape index (κ2) is 7.21. The van der Waals surface area contributed by atoms with Crippen LogP contribution in [0.15, 0.2) is 24.4 Å². The van der Waals surface area contributed by atoms with Crippen molar-refractivity contribution >= 4 is 28.7 Å². The van der Waals surface area contributed by atoms with Crippen molar-refractivity contribution in [1.29, 1.82) is 0 Å². The molecule has 1 aliphatic carbocycles. The van der Waals surface area contributed by atoms with Crippen molar-refractivity contribution < 1.29 is 19.4 Å². The van der Waals surface area contributed by atoms with E-state index in [2.05, 4.69) is 16.0 Å². The number of ether oxygens (including phenoxy) is 1. The number of aromatic nitrogens is 1. The number of piperazine rings is 1. The average molecular weight is 397 g/mol. The summed E-state index contributed by atoms with van der Waals surface area (Å²) in [5.74, 6) is -0.490. The van der Waals surface area contributed by atoms with Crippen molar-refractivity contribution in [3.8, 4) is 0 Å². The number of anilines is 1. The van der Waals surface area contributed by atoms with Crippen molar-refractivity contribution in [2.75, 3.05) is 31.1 Å². The van der Waals surface area contributed by atoms with Gasteiger partial charge in [-0.25, -0.2) is 9.59 Å². The molecule has 1 amide bonds. The van der Waals surface area contributed by atoms with E-state index in [1.54, 1.807) is 11.0 Å². The van der Waals surface area contributed by atoms with Gasteiger partial charge in [0.2, 0.25) is 0 Å². The van der Waals surface area contributed by atoms with Crippen LogP contribution in [0.4, 0.5) is 10.5 Å². The SMILES string of the molecule is CC(C)(C)OC(=O)N1CCN(c2ccc3cc(C(=O)O)cnc3c2C2CC2)CC1. The first-order chi connectivity index (χ1) is 13.7. The molecule has 0 unspecified atom stereocenters. The number of pyridine rings is 1. The fourth-order valence-electron chi connectivity index (χ4n) is 3.84. The third-order valence-electron chi connectivity index (χ3n) is 5.37. The molecule has 2 aliphatic rings. The first-order valence-corrected chi connectivity index (χ1v) is 10.1. The molecule has 0 atom stereocenters. The lowest BCUT2D eigenvalue weighted by Gasteiger charge is -2.37. The van der Waals surface area contributed by atoms with E-state index in [0.717, 1.165) is 42.5 Å². The highest BCUT2D eigenvalue weighted by Gasteiger charge is 2.32. The van der Waals surface area contributed by atoms with Gasteiger partial charge in [-0.15, -0.1) is 0 Å². The van der Waals surface area contributed by atoms with Gasteiger partial charge in [-0.2, -0.15) is 0 Å². The Kier molecular flexibility index (Phi) is 4.84. The molecule has 2 aromatic rings. The van der Waals surface area contributed by atoms with Crippen LogP contribution in [-0.4, -0.2) is 58.8 Å². The van der Waals surface area contributed by atoms with Gasteiger partial charge in [0.1, 0.15) is 5.60 Å². The molecule has 1 aliphatic heterocycles. The Balaban J connectivity index is 1.57. The van der Waals surface area contributed by atoms with Gasteiger partial charge in [0.25, 0.3) is 0 Å². The van der Waals surface area contributed by atoms with Crippen molar-refractivity contribution in [2.24, 2.45) is 0 Å². The Morgan fingerprint density at radius 2 is 1.83 bits per heavy atom. The van der Waals surface area contributed by atoms with E-state index in [1.807, 2.05) is 26.8 Å². The zero-order valence-electron chi connectivity index (χ0n) is 17.1. The quantitative estimate of drug-likeness (QED) is 0.847. The highest BCUT2D eigenvalue weighted by atomic mass is 16.6. The molecule has 0 radical (unpaired) electrons. The van der Waals surface area contributed by atoms with Crippen LogP contribution < -0.4 is 4.90 Å². The van der Waals surface area contributed by atoms with Gasteiger partial charge in [0.05, 0.1) is 11.1 Å². The summed E-state index contributed by atoms with van der Waals surface area (Å²) >= 11 is 0. The van der Waals surface area contributed by atoms with Gasteiger partial charge in [-0.3, -0.25) is 4.98 Å². The number of amides is 1. The number of carboxylic acids is 1. The molecule has 1 N–H and O–H groups in total. The molecule has 0 bridgehead atoms. The normalized spacial score (nSPS) is 17.5. The van der Waals surface area contributed by atoms with Gasteiger partial charge < -0.3 is 19.6 Å². The molecular weight excluding hydrogens is 370 g/mol. The van der Waals surface area contributed by atoms with Crippen LogP contribution in [0.3, 0.4) is 0 Å². The molecule has 0 spiro atoms. The number of carboxylic acid groups (broad SMARTS) is 1. The fraction of sp³-hybridized carbons (Fsp3) is 0.500. The second-order valence-corrected chi connectivity index (χ2v) is 8.83. The van der Waals surface area contributed by atoms with Gasteiger partial charge in [-0.1, -0.05) is 6.07 Å². The lowest BCUT2D eigenvalue weighted by Crippen LogP contribution is -2.50. The number of carbonyl (C=O) groups is 2. The fourth-order valence-corrected chi connectivity index (χ4v) is 3.84. The molecule has 154 valence electrons.